The van der Waals surface area contributed by atoms with E-state index in [2.05, 4.69) is 10.6 Å². The van der Waals surface area contributed by atoms with Crippen LogP contribution in [0.3, 0.4) is 0 Å². The Balaban J connectivity index is 1.53. The van der Waals surface area contributed by atoms with Gasteiger partial charge in [-0.25, -0.2) is 0 Å². The molecule has 8 heteroatoms. The van der Waals surface area contributed by atoms with E-state index < -0.39 is 11.7 Å². The number of nitrogens with zero attached hydrogens (tertiary/aromatic N) is 1. The van der Waals surface area contributed by atoms with Crippen molar-refractivity contribution in [2.75, 3.05) is 24.5 Å². The monoisotopic (exact) mass is 383 g/mol. The smallest absolute Gasteiger partial charge is 0.351 e. The molecule has 27 heavy (non-hydrogen) atoms. The number of hydrogen-bond donors (Lipinski definition) is 2. The van der Waals surface area contributed by atoms with Crippen LogP contribution in [0, 0.1) is 5.92 Å². The lowest BCUT2D eigenvalue weighted by molar-refractivity contribution is -0.137. The minimum atomic E-state index is -4.46. The summed E-state index contributed by atoms with van der Waals surface area (Å²) in [7, 11) is 0. The summed E-state index contributed by atoms with van der Waals surface area (Å²) in [4.78, 5) is 25.7. The molecule has 2 heterocycles. The Bertz CT molecular complexity index is 687. The van der Waals surface area contributed by atoms with E-state index in [0.717, 1.165) is 44.5 Å². The third-order valence-corrected chi connectivity index (χ3v) is 5.21. The number of carbonyl (C=O) groups is 2. The number of hydrogen-bond acceptors (Lipinski definition) is 3. The van der Waals surface area contributed by atoms with Gasteiger partial charge in [0.1, 0.15) is 0 Å². The van der Waals surface area contributed by atoms with Gasteiger partial charge in [0.15, 0.2) is 0 Å². The zero-order valence-electron chi connectivity index (χ0n) is 15.0. The minimum Gasteiger partial charge on any atom is -0.351 e. The van der Waals surface area contributed by atoms with Crippen LogP contribution in [0.4, 0.5) is 18.9 Å². The number of anilines is 1. The molecule has 2 fully saturated rings. The van der Waals surface area contributed by atoms with Crippen LogP contribution in [0.1, 0.15) is 37.7 Å². The first kappa shape index (κ1) is 19.7. The Morgan fingerprint density at radius 3 is 2.70 bits per heavy atom. The van der Waals surface area contributed by atoms with Crippen LogP contribution in [0.25, 0.3) is 0 Å². The fourth-order valence-corrected chi connectivity index (χ4v) is 3.71. The van der Waals surface area contributed by atoms with Gasteiger partial charge in [-0.1, -0.05) is 6.07 Å². The van der Waals surface area contributed by atoms with Crippen LogP contribution in [0.15, 0.2) is 24.3 Å². The van der Waals surface area contributed by atoms with Gasteiger partial charge in [-0.3, -0.25) is 9.59 Å². The summed E-state index contributed by atoms with van der Waals surface area (Å²) in [5.41, 5.74) is -0.580. The van der Waals surface area contributed by atoms with Gasteiger partial charge >= 0.3 is 6.18 Å². The van der Waals surface area contributed by atoms with Crippen molar-refractivity contribution in [2.24, 2.45) is 5.92 Å². The molecule has 1 aromatic rings. The second-order valence-electron chi connectivity index (χ2n) is 7.25. The van der Waals surface area contributed by atoms with Gasteiger partial charge in [0.25, 0.3) is 0 Å². The van der Waals surface area contributed by atoms with Crippen molar-refractivity contribution in [1.29, 1.82) is 0 Å². The third-order valence-electron chi connectivity index (χ3n) is 5.21. The Labute approximate surface area is 156 Å². The fraction of sp³-hybridized carbons (Fsp3) is 0.579. The van der Waals surface area contributed by atoms with Crippen LogP contribution in [0.2, 0.25) is 0 Å². The molecule has 2 aliphatic heterocycles. The standard InChI is InChI=1S/C19H24F3N3O2/c20-19(21,22)14-2-1-3-16(10-14)25-12-15(11-18(25)27)24-17(26)5-4-13-6-8-23-9-7-13/h1-3,10,13,15,23H,4-9,11-12H2,(H,24,26). The Kier molecular flexibility index (Phi) is 6.04. The topological polar surface area (TPSA) is 61.4 Å². The molecule has 2 amide bonds. The van der Waals surface area contributed by atoms with E-state index in [0.29, 0.717) is 12.3 Å². The van der Waals surface area contributed by atoms with Crippen molar-refractivity contribution in [1.82, 2.24) is 10.6 Å². The van der Waals surface area contributed by atoms with Gasteiger partial charge < -0.3 is 15.5 Å². The molecule has 0 radical (unpaired) electrons. The van der Waals surface area contributed by atoms with Crippen LogP contribution < -0.4 is 15.5 Å². The second kappa shape index (κ2) is 8.29. The lowest BCUT2D eigenvalue weighted by Crippen LogP contribution is -2.37. The molecule has 5 nitrogen and oxygen atoms in total. The molecular weight excluding hydrogens is 359 g/mol. The van der Waals surface area contributed by atoms with E-state index in [1.807, 2.05) is 0 Å². The number of benzene rings is 1. The molecule has 0 bridgehead atoms. The summed E-state index contributed by atoms with van der Waals surface area (Å²) in [6.45, 7) is 2.16. The highest BCUT2D eigenvalue weighted by Gasteiger charge is 2.34. The average Bonchev–Trinajstić information content (AvgIpc) is 3.00. The molecule has 148 valence electrons. The Morgan fingerprint density at radius 2 is 2.00 bits per heavy atom. The number of rotatable bonds is 5. The van der Waals surface area contributed by atoms with Gasteiger partial charge in [0, 0.05) is 25.1 Å². The van der Waals surface area contributed by atoms with Gasteiger partial charge in [0.05, 0.1) is 11.6 Å². The van der Waals surface area contributed by atoms with E-state index in [1.54, 1.807) is 0 Å². The quantitative estimate of drug-likeness (QED) is 0.822. The maximum absolute atomic E-state index is 12.9. The first-order valence-electron chi connectivity index (χ1n) is 9.30. The molecule has 2 saturated heterocycles. The molecule has 1 atom stereocenters. The van der Waals surface area contributed by atoms with Crippen molar-refractivity contribution < 1.29 is 22.8 Å². The summed E-state index contributed by atoms with van der Waals surface area (Å²) < 4.78 is 38.6. The first-order chi connectivity index (χ1) is 12.8. The van der Waals surface area contributed by atoms with E-state index in [4.69, 9.17) is 0 Å². The minimum absolute atomic E-state index is 0.0998. The van der Waals surface area contributed by atoms with Crippen molar-refractivity contribution in [2.45, 2.75) is 44.3 Å². The maximum Gasteiger partial charge on any atom is 0.416 e. The molecule has 1 aromatic carbocycles. The van der Waals surface area contributed by atoms with Gasteiger partial charge in [-0.05, 0) is 56.5 Å². The van der Waals surface area contributed by atoms with E-state index in [1.165, 1.54) is 17.0 Å². The molecule has 3 rings (SSSR count). The number of piperidine rings is 1. The highest BCUT2D eigenvalue weighted by molar-refractivity contribution is 5.97. The Morgan fingerprint density at radius 1 is 1.26 bits per heavy atom. The summed E-state index contributed by atoms with van der Waals surface area (Å²) in [6.07, 6.45) is -0.974. The Hall–Kier alpha value is -2.09. The third kappa shape index (κ3) is 5.22. The van der Waals surface area contributed by atoms with Gasteiger partial charge in [-0.15, -0.1) is 0 Å². The van der Waals surface area contributed by atoms with Crippen LogP contribution in [0.5, 0.6) is 0 Å². The first-order valence-corrected chi connectivity index (χ1v) is 9.30. The summed E-state index contributed by atoms with van der Waals surface area (Å²) in [5, 5.41) is 6.14. The molecule has 1 unspecified atom stereocenters. The zero-order chi connectivity index (χ0) is 19.4. The van der Waals surface area contributed by atoms with Gasteiger partial charge in [-0.2, -0.15) is 13.2 Å². The lowest BCUT2D eigenvalue weighted by atomic mass is 9.93. The highest BCUT2D eigenvalue weighted by Crippen LogP contribution is 2.32. The molecule has 0 aromatic heterocycles. The normalized spacial score (nSPS) is 21.5. The van der Waals surface area contributed by atoms with Crippen molar-refractivity contribution in [3.05, 3.63) is 29.8 Å². The van der Waals surface area contributed by atoms with E-state index in [-0.39, 0.29) is 36.5 Å². The van der Waals surface area contributed by atoms with Crippen molar-refractivity contribution in [3.8, 4) is 0 Å². The molecule has 0 spiro atoms. The fourth-order valence-electron chi connectivity index (χ4n) is 3.71. The molecular formula is C19H24F3N3O2. The number of nitrogens with one attached hydrogen (secondary N) is 2. The maximum atomic E-state index is 12.9. The van der Waals surface area contributed by atoms with Gasteiger partial charge in [0.2, 0.25) is 11.8 Å². The van der Waals surface area contributed by atoms with E-state index >= 15 is 0 Å². The number of halogens is 3. The summed E-state index contributed by atoms with van der Waals surface area (Å²) in [5.74, 6) is 0.166. The van der Waals surface area contributed by atoms with Crippen molar-refractivity contribution >= 4 is 17.5 Å². The van der Waals surface area contributed by atoms with Crippen LogP contribution in [-0.4, -0.2) is 37.5 Å². The predicted octanol–water partition coefficient (Wildman–Crippen LogP) is 2.71. The number of amides is 2. The predicted molar refractivity (Wildman–Crippen MR) is 95.2 cm³/mol. The molecule has 2 N–H and O–H groups in total. The summed E-state index contributed by atoms with van der Waals surface area (Å²) >= 11 is 0. The van der Waals surface area contributed by atoms with Crippen LogP contribution in [-0.2, 0) is 15.8 Å². The largest absolute Gasteiger partial charge is 0.416 e. The second-order valence-corrected chi connectivity index (χ2v) is 7.25. The SMILES string of the molecule is O=C(CCC1CCNCC1)NC1CC(=O)N(c2cccc(C(F)(F)F)c2)C1. The van der Waals surface area contributed by atoms with Crippen LogP contribution >= 0.6 is 0 Å². The summed E-state index contributed by atoms with van der Waals surface area (Å²) in [6, 6.07) is 4.35. The molecule has 2 aliphatic rings. The lowest BCUT2D eigenvalue weighted by Gasteiger charge is -2.22. The van der Waals surface area contributed by atoms with Crippen molar-refractivity contribution in [3.63, 3.8) is 0 Å². The molecule has 0 aliphatic carbocycles. The zero-order valence-corrected chi connectivity index (χ0v) is 15.0. The number of alkyl halides is 3. The average molecular weight is 383 g/mol. The number of carbonyl (C=O) groups excluding carboxylic acids is 2. The van der Waals surface area contributed by atoms with E-state index in [9.17, 15) is 22.8 Å². The highest BCUT2D eigenvalue weighted by atomic mass is 19.4. The molecule has 0 saturated carbocycles.